The topological polar surface area (TPSA) is 36.4 Å². The Hall–Kier alpha value is -2.24. The highest BCUT2D eigenvalue weighted by Gasteiger charge is 2.28. The van der Waals surface area contributed by atoms with Crippen molar-refractivity contribution in [2.45, 2.75) is 39.7 Å². The van der Waals surface area contributed by atoms with Gasteiger partial charge in [-0.2, -0.15) is 0 Å². The lowest BCUT2D eigenvalue weighted by Gasteiger charge is -2.37. The van der Waals surface area contributed by atoms with E-state index in [4.69, 9.17) is 4.98 Å². The van der Waals surface area contributed by atoms with Crippen molar-refractivity contribution in [2.24, 2.45) is 0 Å². The number of piperidine rings is 1. The predicted molar refractivity (Wildman–Crippen MR) is 122 cm³/mol. The minimum atomic E-state index is 0.143. The lowest BCUT2D eigenvalue weighted by molar-refractivity contribution is 0.0635. The van der Waals surface area contributed by atoms with Crippen molar-refractivity contribution in [3.8, 4) is 10.6 Å². The minimum Gasteiger partial charge on any atom is -0.338 e. The fourth-order valence-corrected chi connectivity index (χ4v) is 5.51. The molecule has 3 aromatic rings. The second kappa shape index (κ2) is 8.64. The molecule has 0 saturated carbocycles. The number of aryl methyl sites for hydroxylation is 1. The average molecular weight is 408 g/mol. The molecule has 0 unspecified atom stereocenters. The number of thiazole rings is 1. The molecule has 0 radical (unpaired) electrons. The van der Waals surface area contributed by atoms with Crippen molar-refractivity contribution in [3.63, 3.8) is 0 Å². The van der Waals surface area contributed by atoms with E-state index in [-0.39, 0.29) is 5.91 Å². The summed E-state index contributed by atoms with van der Waals surface area (Å²) in [7, 11) is 0. The van der Waals surface area contributed by atoms with Gasteiger partial charge in [-0.05, 0) is 43.6 Å². The van der Waals surface area contributed by atoms with Gasteiger partial charge in [0, 0.05) is 24.7 Å². The van der Waals surface area contributed by atoms with Gasteiger partial charge in [-0.3, -0.25) is 4.79 Å². The molecule has 2 aromatic carbocycles. The van der Waals surface area contributed by atoms with Gasteiger partial charge in [0.2, 0.25) is 0 Å². The normalized spacial score (nSPS) is 15.4. The van der Waals surface area contributed by atoms with Gasteiger partial charge in [-0.25, -0.2) is 4.98 Å². The molecule has 0 bridgehead atoms. The van der Waals surface area contributed by atoms with Crippen LogP contribution in [0.5, 0.6) is 0 Å². The molecule has 152 valence electrons. The van der Waals surface area contributed by atoms with E-state index in [0.717, 1.165) is 60.2 Å². The van der Waals surface area contributed by atoms with Gasteiger partial charge in [0.25, 0.3) is 5.91 Å². The molecule has 0 aliphatic carbocycles. The van der Waals surface area contributed by atoms with Crippen molar-refractivity contribution >= 4 is 28.0 Å². The second-order valence-corrected chi connectivity index (χ2v) is 8.70. The third-order valence-electron chi connectivity index (χ3n) is 6.09. The van der Waals surface area contributed by atoms with Crippen LogP contribution in [-0.4, -0.2) is 52.9 Å². The molecule has 0 spiro atoms. The van der Waals surface area contributed by atoms with Crippen LogP contribution in [0.1, 0.15) is 42.1 Å². The number of hydrogen-bond acceptors (Lipinski definition) is 4. The number of carbonyl (C=O) groups is 1. The van der Waals surface area contributed by atoms with E-state index in [1.807, 2.05) is 11.8 Å². The van der Waals surface area contributed by atoms with Crippen LogP contribution in [-0.2, 0) is 0 Å². The molecule has 1 saturated heterocycles. The number of carbonyl (C=O) groups excluding carboxylic acids is 1. The molecule has 4 nitrogen and oxygen atoms in total. The first kappa shape index (κ1) is 20.0. The Balaban J connectivity index is 1.55. The van der Waals surface area contributed by atoms with E-state index in [0.29, 0.717) is 6.04 Å². The summed E-state index contributed by atoms with van der Waals surface area (Å²) in [6.07, 6.45) is 2.11. The van der Waals surface area contributed by atoms with E-state index >= 15 is 0 Å². The number of fused-ring (bicyclic) bond motifs is 1. The lowest BCUT2D eigenvalue weighted by atomic mass is 10.0. The zero-order valence-electron chi connectivity index (χ0n) is 17.5. The van der Waals surface area contributed by atoms with E-state index in [1.165, 1.54) is 22.1 Å². The molecule has 0 atom stereocenters. The van der Waals surface area contributed by atoms with E-state index in [1.54, 1.807) is 0 Å². The molecular formula is C24H29N3OS. The number of amides is 1. The van der Waals surface area contributed by atoms with Crippen LogP contribution in [0.3, 0.4) is 0 Å². The van der Waals surface area contributed by atoms with Crippen LogP contribution in [0.15, 0.2) is 42.5 Å². The van der Waals surface area contributed by atoms with Gasteiger partial charge in [0.1, 0.15) is 9.88 Å². The van der Waals surface area contributed by atoms with E-state index < -0.39 is 0 Å². The number of aromatic nitrogens is 1. The Labute approximate surface area is 177 Å². The van der Waals surface area contributed by atoms with Gasteiger partial charge in [-0.1, -0.05) is 56.3 Å². The fraction of sp³-hybridized carbons (Fsp3) is 0.417. The monoisotopic (exact) mass is 407 g/mol. The molecule has 1 aromatic heterocycles. The first-order valence-corrected chi connectivity index (χ1v) is 11.4. The zero-order chi connectivity index (χ0) is 20.4. The Bertz CT molecular complexity index is 995. The molecule has 1 aliphatic heterocycles. The SMILES string of the molecule is CCN(CC)C1CCN(C(=O)c2sc(-c3cccc4ccccc34)nc2C)CC1. The first-order valence-electron chi connectivity index (χ1n) is 10.6. The van der Waals surface area contributed by atoms with Crippen molar-refractivity contribution in [3.05, 3.63) is 53.0 Å². The average Bonchev–Trinajstić information content (AvgIpc) is 3.15. The molecule has 0 N–H and O–H groups in total. The lowest BCUT2D eigenvalue weighted by Crippen LogP contribution is -2.46. The summed E-state index contributed by atoms with van der Waals surface area (Å²) < 4.78 is 0. The zero-order valence-corrected chi connectivity index (χ0v) is 18.3. The highest BCUT2D eigenvalue weighted by molar-refractivity contribution is 7.17. The molecular weight excluding hydrogens is 378 g/mol. The summed E-state index contributed by atoms with van der Waals surface area (Å²) >= 11 is 1.53. The van der Waals surface area contributed by atoms with Crippen LogP contribution in [0.4, 0.5) is 0 Å². The molecule has 1 aliphatic rings. The molecule has 4 rings (SSSR count). The summed E-state index contributed by atoms with van der Waals surface area (Å²) in [4.78, 5) is 23.3. The quantitative estimate of drug-likeness (QED) is 0.582. The number of likely N-dealkylation sites (tertiary alicyclic amines) is 1. The Morgan fingerprint density at radius 1 is 1.10 bits per heavy atom. The summed E-state index contributed by atoms with van der Waals surface area (Å²) in [6, 6.07) is 15.2. The predicted octanol–water partition coefficient (Wildman–Crippen LogP) is 5.22. The van der Waals surface area contributed by atoms with E-state index in [2.05, 4.69) is 61.2 Å². The summed E-state index contributed by atoms with van der Waals surface area (Å²) in [5.41, 5.74) is 1.95. The molecule has 29 heavy (non-hydrogen) atoms. The number of nitrogens with zero attached hydrogens (tertiary/aromatic N) is 3. The van der Waals surface area contributed by atoms with Gasteiger partial charge < -0.3 is 9.80 Å². The standard InChI is InChI=1S/C24H29N3OS/c1-4-26(5-2)19-13-15-27(16-14-19)24(28)22-17(3)25-23(29-22)21-12-8-10-18-9-6-7-11-20(18)21/h6-12,19H,4-5,13-16H2,1-3H3. The summed E-state index contributed by atoms with van der Waals surface area (Å²) in [6.45, 7) is 10.2. The van der Waals surface area contributed by atoms with Crippen LogP contribution in [0.2, 0.25) is 0 Å². The number of rotatable bonds is 5. The van der Waals surface area contributed by atoms with Crippen molar-refractivity contribution in [2.75, 3.05) is 26.2 Å². The maximum Gasteiger partial charge on any atom is 0.265 e. The fourth-order valence-electron chi connectivity index (χ4n) is 4.44. The van der Waals surface area contributed by atoms with Crippen LogP contribution >= 0.6 is 11.3 Å². The van der Waals surface area contributed by atoms with Crippen molar-refractivity contribution in [1.82, 2.24) is 14.8 Å². The maximum atomic E-state index is 13.2. The van der Waals surface area contributed by atoms with Crippen molar-refractivity contribution < 1.29 is 4.79 Å². The summed E-state index contributed by atoms with van der Waals surface area (Å²) in [5.74, 6) is 0.143. The van der Waals surface area contributed by atoms with Crippen LogP contribution < -0.4 is 0 Å². The number of benzene rings is 2. The molecule has 2 heterocycles. The Morgan fingerprint density at radius 2 is 1.79 bits per heavy atom. The largest absolute Gasteiger partial charge is 0.338 e. The molecule has 1 amide bonds. The second-order valence-electron chi connectivity index (χ2n) is 7.70. The van der Waals surface area contributed by atoms with Crippen LogP contribution in [0.25, 0.3) is 21.3 Å². The highest BCUT2D eigenvalue weighted by Crippen LogP contribution is 2.34. The minimum absolute atomic E-state index is 0.143. The Kier molecular flexibility index (Phi) is 5.97. The molecule has 1 fully saturated rings. The first-order chi connectivity index (χ1) is 14.1. The van der Waals surface area contributed by atoms with Gasteiger partial charge in [0.15, 0.2) is 0 Å². The van der Waals surface area contributed by atoms with Crippen LogP contribution in [0, 0.1) is 6.92 Å². The maximum absolute atomic E-state index is 13.2. The smallest absolute Gasteiger partial charge is 0.265 e. The third kappa shape index (κ3) is 3.94. The highest BCUT2D eigenvalue weighted by atomic mass is 32.1. The summed E-state index contributed by atoms with van der Waals surface area (Å²) in [5, 5.41) is 3.31. The van der Waals surface area contributed by atoms with E-state index in [9.17, 15) is 4.79 Å². The van der Waals surface area contributed by atoms with Crippen molar-refractivity contribution in [1.29, 1.82) is 0 Å². The van der Waals surface area contributed by atoms with Gasteiger partial charge >= 0.3 is 0 Å². The third-order valence-corrected chi connectivity index (χ3v) is 7.27. The molecule has 5 heteroatoms. The van der Waals surface area contributed by atoms with Gasteiger partial charge in [0.05, 0.1) is 5.69 Å². The Morgan fingerprint density at radius 3 is 2.52 bits per heavy atom. The van der Waals surface area contributed by atoms with Gasteiger partial charge in [-0.15, -0.1) is 11.3 Å². The number of hydrogen-bond donors (Lipinski definition) is 0.